The van der Waals surface area contributed by atoms with Gasteiger partial charge in [0.1, 0.15) is 5.82 Å². The van der Waals surface area contributed by atoms with Gasteiger partial charge in [0.05, 0.1) is 24.2 Å². The van der Waals surface area contributed by atoms with Gasteiger partial charge in [-0.25, -0.2) is 4.39 Å². The second-order valence-electron chi connectivity index (χ2n) is 3.65. The summed E-state index contributed by atoms with van der Waals surface area (Å²) < 4.78 is 18.4. The highest BCUT2D eigenvalue weighted by Crippen LogP contribution is 2.10. The van der Waals surface area contributed by atoms with E-state index in [0.29, 0.717) is 24.2 Å². The van der Waals surface area contributed by atoms with E-state index in [1.54, 1.807) is 24.7 Å². The molecule has 1 heterocycles. The van der Waals surface area contributed by atoms with Gasteiger partial charge in [-0.15, -0.1) is 0 Å². The summed E-state index contributed by atoms with van der Waals surface area (Å²) in [5.74, 6) is -0.358. The first kappa shape index (κ1) is 11.4. The highest BCUT2D eigenvalue weighted by Gasteiger charge is 2.03. The number of hydrogen-bond donors (Lipinski definition) is 1. The van der Waals surface area contributed by atoms with Crippen molar-refractivity contribution in [1.82, 2.24) is 5.32 Å². The van der Waals surface area contributed by atoms with E-state index in [9.17, 15) is 4.39 Å². The van der Waals surface area contributed by atoms with Crippen molar-refractivity contribution >= 4 is 0 Å². The molecule has 0 aliphatic carbocycles. The van der Waals surface area contributed by atoms with Gasteiger partial charge in [0.2, 0.25) is 0 Å². The Bertz CT molecular complexity index is 529. The number of nitrogens with zero attached hydrogens (tertiary/aromatic N) is 1. The smallest absolute Gasteiger partial charge is 0.129 e. The summed E-state index contributed by atoms with van der Waals surface area (Å²) in [6, 6.07) is 8.23. The van der Waals surface area contributed by atoms with Gasteiger partial charge >= 0.3 is 0 Å². The summed E-state index contributed by atoms with van der Waals surface area (Å²) in [6.07, 6.45) is 3.24. The lowest BCUT2D eigenvalue weighted by molar-refractivity contribution is 0.557. The monoisotopic (exact) mass is 230 g/mol. The summed E-state index contributed by atoms with van der Waals surface area (Å²) in [6.45, 7) is 1.04. The Hall–Kier alpha value is -2.12. The van der Waals surface area contributed by atoms with Gasteiger partial charge in [-0.1, -0.05) is 6.07 Å². The van der Waals surface area contributed by atoms with Gasteiger partial charge in [0.15, 0.2) is 0 Å². The van der Waals surface area contributed by atoms with E-state index in [1.165, 1.54) is 6.07 Å². The van der Waals surface area contributed by atoms with Crippen LogP contribution >= 0.6 is 0 Å². The van der Waals surface area contributed by atoms with Crippen LogP contribution in [0.3, 0.4) is 0 Å². The predicted octanol–water partition coefficient (Wildman–Crippen LogP) is 2.58. The van der Waals surface area contributed by atoms with E-state index in [1.807, 2.05) is 12.1 Å². The first-order valence-corrected chi connectivity index (χ1v) is 5.20. The molecule has 0 saturated carbocycles. The maximum atomic E-state index is 13.5. The van der Waals surface area contributed by atoms with Crippen LogP contribution in [0.2, 0.25) is 0 Å². The molecular weight excluding hydrogens is 219 g/mol. The first-order valence-electron chi connectivity index (χ1n) is 5.20. The zero-order valence-corrected chi connectivity index (χ0v) is 9.11. The zero-order valence-electron chi connectivity index (χ0n) is 9.11. The predicted molar refractivity (Wildman–Crippen MR) is 60.4 cm³/mol. The van der Waals surface area contributed by atoms with Crippen molar-refractivity contribution in [2.45, 2.75) is 13.1 Å². The van der Waals surface area contributed by atoms with E-state index >= 15 is 0 Å². The third-order valence-corrected chi connectivity index (χ3v) is 2.41. The molecule has 0 fully saturated rings. The number of rotatable bonds is 4. The largest absolute Gasteiger partial charge is 0.472 e. The minimum Gasteiger partial charge on any atom is -0.472 e. The lowest BCUT2D eigenvalue weighted by atomic mass is 10.1. The number of halogens is 1. The van der Waals surface area contributed by atoms with Crippen molar-refractivity contribution in [3.05, 3.63) is 59.3 Å². The lowest BCUT2D eigenvalue weighted by Crippen LogP contribution is -2.13. The quantitative estimate of drug-likeness (QED) is 0.878. The molecule has 1 N–H and O–H groups in total. The van der Waals surface area contributed by atoms with Crippen LogP contribution in [0.1, 0.15) is 16.7 Å². The molecule has 0 radical (unpaired) electrons. The summed E-state index contributed by atoms with van der Waals surface area (Å²) >= 11 is 0. The molecule has 17 heavy (non-hydrogen) atoms. The fraction of sp³-hybridized carbons (Fsp3) is 0.154. The van der Waals surface area contributed by atoms with Crippen LogP contribution in [0.4, 0.5) is 4.39 Å². The Morgan fingerprint density at radius 1 is 1.29 bits per heavy atom. The lowest BCUT2D eigenvalue weighted by Gasteiger charge is -2.04. The van der Waals surface area contributed by atoms with Gasteiger partial charge < -0.3 is 9.73 Å². The average molecular weight is 230 g/mol. The standard InChI is InChI=1S/C13H11FN2O/c14-13-5-10(6-15)1-2-12(13)8-16-7-11-3-4-17-9-11/h1-5,9,16H,7-8H2. The number of benzene rings is 1. The SMILES string of the molecule is N#Cc1ccc(CNCc2ccoc2)c(F)c1. The minimum atomic E-state index is -0.358. The van der Waals surface area contributed by atoms with Crippen LogP contribution in [-0.2, 0) is 13.1 Å². The second kappa shape index (κ2) is 5.28. The van der Waals surface area contributed by atoms with Crippen LogP contribution in [0.15, 0.2) is 41.2 Å². The Kier molecular flexibility index (Phi) is 3.53. The van der Waals surface area contributed by atoms with Crippen LogP contribution in [0, 0.1) is 17.1 Å². The van der Waals surface area contributed by atoms with Crippen molar-refractivity contribution in [1.29, 1.82) is 5.26 Å². The topological polar surface area (TPSA) is 49.0 Å². The Labute approximate surface area is 98.5 Å². The molecule has 0 unspecified atom stereocenters. The molecule has 86 valence electrons. The van der Waals surface area contributed by atoms with Gasteiger partial charge in [-0.05, 0) is 18.2 Å². The highest BCUT2D eigenvalue weighted by atomic mass is 19.1. The third-order valence-electron chi connectivity index (χ3n) is 2.41. The van der Waals surface area contributed by atoms with Gasteiger partial charge in [-0.3, -0.25) is 0 Å². The zero-order chi connectivity index (χ0) is 12.1. The van der Waals surface area contributed by atoms with Crippen molar-refractivity contribution in [2.75, 3.05) is 0 Å². The molecule has 1 aromatic heterocycles. The number of furan rings is 1. The highest BCUT2D eigenvalue weighted by molar-refractivity contribution is 5.32. The van der Waals surface area contributed by atoms with Crippen molar-refractivity contribution in [3.8, 4) is 6.07 Å². The van der Waals surface area contributed by atoms with Crippen molar-refractivity contribution in [2.24, 2.45) is 0 Å². The van der Waals surface area contributed by atoms with Crippen LogP contribution in [0.5, 0.6) is 0 Å². The molecule has 2 rings (SSSR count). The summed E-state index contributed by atoms with van der Waals surface area (Å²) in [5, 5.41) is 11.7. The first-order chi connectivity index (χ1) is 8.29. The Morgan fingerprint density at radius 3 is 2.82 bits per heavy atom. The van der Waals surface area contributed by atoms with Crippen LogP contribution in [0.25, 0.3) is 0 Å². The fourth-order valence-electron chi connectivity index (χ4n) is 1.49. The molecule has 3 nitrogen and oxygen atoms in total. The maximum absolute atomic E-state index is 13.5. The molecular formula is C13H11FN2O. The van der Waals surface area contributed by atoms with Crippen molar-refractivity contribution in [3.63, 3.8) is 0 Å². The molecule has 0 saturated heterocycles. The van der Waals surface area contributed by atoms with Crippen LogP contribution < -0.4 is 5.32 Å². The molecule has 0 amide bonds. The van der Waals surface area contributed by atoms with Crippen LogP contribution in [-0.4, -0.2) is 0 Å². The molecule has 0 spiro atoms. The number of nitriles is 1. The minimum absolute atomic E-state index is 0.334. The van der Waals surface area contributed by atoms with E-state index in [0.717, 1.165) is 5.56 Å². The van der Waals surface area contributed by atoms with Gasteiger partial charge in [0, 0.05) is 24.2 Å². The third kappa shape index (κ3) is 2.92. The fourth-order valence-corrected chi connectivity index (χ4v) is 1.49. The van der Waals surface area contributed by atoms with E-state index in [-0.39, 0.29) is 5.82 Å². The van der Waals surface area contributed by atoms with E-state index < -0.39 is 0 Å². The van der Waals surface area contributed by atoms with Crippen molar-refractivity contribution < 1.29 is 8.81 Å². The van der Waals surface area contributed by atoms with Gasteiger partial charge in [-0.2, -0.15) is 5.26 Å². The molecule has 0 aliphatic heterocycles. The van der Waals surface area contributed by atoms with E-state index in [2.05, 4.69) is 5.32 Å². The average Bonchev–Trinajstić information content (AvgIpc) is 2.84. The molecule has 2 aromatic rings. The summed E-state index contributed by atoms with van der Waals surface area (Å²) in [7, 11) is 0. The molecule has 1 aromatic carbocycles. The Balaban J connectivity index is 1.93. The number of hydrogen-bond acceptors (Lipinski definition) is 3. The molecule has 4 heteroatoms. The molecule has 0 bridgehead atoms. The molecule has 0 atom stereocenters. The summed E-state index contributed by atoms with van der Waals surface area (Å²) in [5.41, 5.74) is 1.90. The number of nitrogens with one attached hydrogen (secondary N) is 1. The van der Waals surface area contributed by atoms with E-state index in [4.69, 9.17) is 9.68 Å². The second-order valence-corrected chi connectivity index (χ2v) is 3.65. The van der Waals surface area contributed by atoms with Gasteiger partial charge in [0.25, 0.3) is 0 Å². The molecule has 0 aliphatic rings. The maximum Gasteiger partial charge on any atom is 0.129 e. The summed E-state index contributed by atoms with van der Waals surface area (Å²) in [4.78, 5) is 0. The normalized spacial score (nSPS) is 10.1. The Morgan fingerprint density at radius 2 is 2.18 bits per heavy atom.